The van der Waals surface area contributed by atoms with Crippen LogP contribution in [0.2, 0.25) is 0 Å². The summed E-state index contributed by atoms with van der Waals surface area (Å²) in [5.74, 6) is 1.36. The van der Waals surface area contributed by atoms with Gasteiger partial charge in [0, 0.05) is 24.7 Å². The van der Waals surface area contributed by atoms with Crippen molar-refractivity contribution in [2.24, 2.45) is 5.73 Å². The van der Waals surface area contributed by atoms with Gasteiger partial charge in [-0.15, -0.1) is 0 Å². The molecule has 110 valence electrons. The fourth-order valence-electron chi connectivity index (χ4n) is 2.50. The molecular weight excluding hydrogens is 256 g/mol. The molecule has 1 aromatic rings. The Labute approximate surface area is 119 Å². The lowest BCUT2D eigenvalue weighted by atomic mass is 9.99. The van der Waals surface area contributed by atoms with Crippen LogP contribution in [0.15, 0.2) is 24.3 Å². The number of hydrogen-bond donors (Lipinski definition) is 1. The third kappa shape index (κ3) is 3.63. The summed E-state index contributed by atoms with van der Waals surface area (Å²) in [7, 11) is 1.60. The highest BCUT2D eigenvalue weighted by atomic mass is 16.5. The van der Waals surface area contributed by atoms with Gasteiger partial charge < -0.3 is 20.1 Å². The van der Waals surface area contributed by atoms with Gasteiger partial charge in [0.05, 0.1) is 7.11 Å². The first-order chi connectivity index (χ1) is 9.60. The number of ether oxygens (including phenoxy) is 2. The molecule has 2 atom stereocenters. The van der Waals surface area contributed by atoms with Crippen LogP contribution in [0.25, 0.3) is 0 Å². The zero-order valence-corrected chi connectivity index (χ0v) is 12.0. The summed E-state index contributed by atoms with van der Waals surface area (Å²) in [5, 5.41) is 0. The molecule has 1 aliphatic rings. The summed E-state index contributed by atoms with van der Waals surface area (Å²) >= 11 is 0. The molecule has 5 nitrogen and oxygen atoms in total. The lowest BCUT2D eigenvalue weighted by Crippen LogP contribution is -2.49. The third-order valence-electron chi connectivity index (χ3n) is 3.64. The topological polar surface area (TPSA) is 64.8 Å². The fourth-order valence-corrected chi connectivity index (χ4v) is 2.50. The van der Waals surface area contributed by atoms with Crippen LogP contribution in [0.3, 0.4) is 0 Å². The zero-order chi connectivity index (χ0) is 14.5. The molecule has 5 heteroatoms. The van der Waals surface area contributed by atoms with Crippen LogP contribution in [-0.2, 0) is 4.79 Å². The Bertz CT molecular complexity index is 464. The number of amides is 1. The van der Waals surface area contributed by atoms with Crippen molar-refractivity contribution in [3.8, 4) is 11.5 Å². The van der Waals surface area contributed by atoms with Crippen molar-refractivity contribution in [1.29, 1.82) is 0 Å². The van der Waals surface area contributed by atoms with Crippen molar-refractivity contribution in [2.45, 2.75) is 31.8 Å². The smallest absolute Gasteiger partial charge is 0.260 e. The molecule has 0 aromatic heterocycles. The van der Waals surface area contributed by atoms with E-state index in [4.69, 9.17) is 15.2 Å². The van der Waals surface area contributed by atoms with Gasteiger partial charge in [0.1, 0.15) is 11.5 Å². The summed E-state index contributed by atoms with van der Waals surface area (Å²) < 4.78 is 10.7. The third-order valence-corrected chi connectivity index (χ3v) is 3.64. The molecule has 0 saturated carbocycles. The highest BCUT2D eigenvalue weighted by Crippen LogP contribution is 2.20. The maximum Gasteiger partial charge on any atom is 0.260 e. The number of carbonyl (C=O) groups excluding carboxylic acids is 1. The fraction of sp³-hybridized carbons (Fsp3) is 0.533. The molecule has 1 amide bonds. The molecule has 2 N–H and O–H groups in total. The number of likely N-dealkylation sites (tertiary alicyclic amines) is 1. The Hall–Kier alpha value is -1.75. The number of nitrogens with zero attached hydrogens (tertiary/aromatic N) is 1. The van der Waals surface area contributed by atoms with Crippen molar-refractivity contribution in [2.75, 3.05) is 20.3 Å². The summed E-state index contributed by atoms with van der Waals surface area (Å²) in [6.45, 7) is 2.79. The molecule has 0 bridgehead atoms. The predicted molar refractivity (Wildman–Crippen MR) is 76.9 cm³/mol. The van der Waals surface area contributed by atoms with E-state index in [-0.39, 0.29) is 24.6 Å². The Morgan fingerprint density at radius 3 is 2.90 bits per heavy atom. The second-order valence-electron chi connectivity index (χ2n) is 5.19. The van der Waals surface area contributed by atoms with Gasteiger partial charge in [0.2, 0.25) is 0 Å². The Kier molecular flexibility index (Phi) is 4.84. The van der Waals surface area contributed by atoms with Crippen LogP contribution in [0.1, 0.15) is 19.8 Å². The van der Waals surface area contributed by atoms with E-state index in [1.54, 1.807) is 13.2 Å². The van der Waals surface area contributed by atoms with Crippen molar-refractivity contribution in [1.82, 2.24) is 4.90 Å². The molecule has 0 spiro atoms. The summed E-state index contributed by atoms with van der Waals surface area (Å²) in [6, 6.07) is 7.63. The Morgan fingerprint density at radius 2 is 2.20 bits per heavy atom. The minimum atomic E-state index is 0.00669. The lowest BCUT2D eigenvalue weighted by molar-refractivity contribution is -0.136. The normalized spacial score (nSPS) is 22.4. The van der Waals surface area contributed by atoms with Crippen LogP contribution in [-0.4, -0.2) is 43.2 Å². The largest absolute Gasteiger partial charge is 0.497 e. The second kappa shape index (κ2) is 6.61. The first kappa shape index (κ1) is 14.7. The average molecular weight is 278 g/mol. The number of carbonyl (C=O) groups is 1. The number of methoxy groups -OCH3 is 1. The highest BCUT2D eigenvalue weighted by molar-refractivity contribution is 5.78. The average Bonchev–Trinajstić information content (AvgIpc) is 2.45. The number of nitrogens with two attached hydrogens (primary N) is 1. The van der Waals surface area contributed by atoms with Gasteiger partial charge in [0.15, 0.2) is 6.61 Å². The summed E-state index contributed by atoms with van der Waals surface area (Å²) in [4.78, 5) is 14.0. The van der Waals surface area contributed by atoms with E-state index in [1.807, 2.05) is 30.0 Å². The maximum absolute atomic E-state index is 12.2. The number of hydrogen-bond acceptors (Lipinski definition) is 4. The van der Waals surface area contributed by atoms with Crippen LogP contribution < -0.4 is 15.2 Å². The monoisotopic (exact) mass is 278 g/mol. The standard InChI is InChI=1S/C15H22N2O3/c1-11-8-12(16)6-7-17(11)15(18)10-20-14-5-3-4-13(9-14)19-2/h3-5,9,11-12H,6-8,10,16H2,1-2H3/t11-,12+/m0/s1. The van der Waals surface area contributed by atoms with Crippen LogP contribution in [0.5, 0.6) is 11.5 Å². The molecular formula is C15H22N2O3. The van der Waals surface area contributed by atoms with Crippen molar-refractivity contribution in [3.63, 3.8) is 0 Å². The van der Waals surface area contributed by atoms with Gasteiger partial charge in [-0.2, -0.15) is 0 Å². The maximum atomic E-state index is 12.2. The van der Waals surface area contributed by atoms with Crippen LogP contribution in [0, 0.1) is 0 Å². The Morgan fingerprint density at radius 1 is 1.45 bits per heavy atom. The molecule has 20 heavy (non-hydrogen) atoms. The quantitative estimate of drug-likeness (QED) is 0.904. The second-order valence-corrected chi connectivity index (χ2v) is 5.19. The number of rotatable bonds is 4. The molecule has 0 aliphatic carbocycles. The molecule has 1 aliphatic heterocycles. The van der Waals surface area contributed by atoms with E-state index in [9.17, 15) is 4.79 Å². The van der Waals surface area contributed by atoms with Crippen molar-refractivity contribution in [3.05, 3.63) is 24.3 Å². The van der Waals surface area contributed by atoms with E-state index in [0.717, 1.165) is 12.8 Å². The van der Waals surface area contributed by atoms with Crippen molar-refractivity contribution < 1.29 is 14.3 Å². The molecule has 2 rings (SSSR count). The first-order valence-corrected chi connectivity index (χ1v) is 6.92. The summed E-state index contributed by atoms with van der Waals surface area (Å²) in [6.07, 6.45) is 1.71. The van der Waals surface area contributed by atoms with Gasteiger partial charge in [-0.1, -0.05) is 6.07 Å². The minimum Gasteiger partial charge on any atom is -0.497 e. The molecule has 0 radical (unpaired) electrons. The van der Waals surface area contributed by atoms with Gasteiger partial charge >= 0.3 is 0 Å². The lowest BCUT2D eigenvalue weighted by Gasteiger charge is -2.36. The zero-order valence-electron chi connectivity index (χ0n) is 12.0. The highest BCUT2D eigenvalue weighted by Gasteiger charge is 2.27. The van der Waals surface area contributed by atoms with E-state index < -0.39 is 0 Å². The van der Waals surface area contributed by atoms with Crippen LogP contribution in [0.4, 0.5) is 0 Å². The SMILES string of the molecule is COc1cccc(OCC(=O)N2CC[C@@H](N)C[C@@H]2C)c1. The van der Waals surface area contributed by atoms with Gasteiger partial charge in [-0.3, -0.25) is 4.79 Å². The minimum absolute atomic E-state index is 0.00669. The number of benzene rings is 1. The first-order valence-electron chi connectivity index (χ1n) is 6.92. The molecule has 0 unspecified atom stereocenters. The molecule has 1 heterocycles. The summed E-state index contributed by atoms with van der Waals surface area (Å²) in [5.41, 5.74) is 5.90. The molecule has 1 saturated heterocycles. The van der Waals surface area contributed by atoms with E-state index >= 15 is 0 Å². The van der Waals surface area contributed by atoms with Gasteiger partial charge in [0.25, 0.3) is 5.91 Å². The predicted octanol–water partition coefficient (Wildman–Crippen LogP) is 1.41. The molecule has 1 aromatic carbocycles. The molecule has 1 fully saturated rings. The van der Waals surface area contributed by atoms with Gasteiger partial charge in [-0.05, 0) is 31.9 Å². The van der Waals surface area contributed by atoms with Crippen molar-refractivity contribution >= 4 is 5.91 Å². The van der Waals surface area contributed by atoms with Gasteiger partial charge in [-0.25, -0.2) is 0 Å². The number of piperidine rings is 1. The van der Waals surface area contributed by atoms with E-state index in [2.05, 4.69) is 0 Å². The van der Waals surface area contributed by atoms with E-state index in [1.165, 1.54) is 0 Å². The van der Waals surface area contributed by atoms with Crippen LogP contribution >= 0.6 is 0 Å². The Balaban J connectivity index is 1.88. The van der Waals surface area contributed by atoms with E-state index in [0.29, 0.717) is 18.0 Å².